The molecule has 0 atom stereocenters. The van der Waals surface area contributed by atoms with Crippen LogP contribution in [0.15, 0.2) is 48.5 Å². The molecule has 30 heavy (non-hydrogen) atoms. The second-order valence-corrected chi connectivity index (χ2v) is 8.96. The van der Waals surface area contributed by atoms with Crippen molar-refractivity contribution in [2.45, 2.75) is 71.9 Å². The summed E-state index contributed by atoms with van der Waals surface area (Å²) in [5, 5.41) is 10.7. The molecule has 0 spiro atoms. The van der Waals surface area contributed by atoms with Gasteiger partial charge in [-0.1, -0.05) is 76.2 Å². The molecule has 2 aromatic rings. The molecule has 0 aliphatic heterocycles. The number of nitrogens with one attached hydrogen (secondary N) is 3. The SMILES string of the molecule is CC(C)c1ccc(CNCCCCNCCCNCc2ccc(C(C)C)cc2)cc1. The highest BCUT2D eigenvalue weighted by atomic mass is 14.9. The molecule has 0 radical (unpaired) electrons. The molecular formula is C27H43N3. The summed E-state index contributed by atoms with van der Waals surface area (Å²) in [6.45, 7) is 15.3. The van der Waals surface area contributed by atoms with Crippen molar-refractivity contribution in [2.75, 3.05) is 26.2 Å². The predicted molar refractivity (Wildman–Crippen MR) is 131 cm³/mol. The minimum absolute atomic E-state index is 0.607. The third-order valence-electron chi connectivity index (χ3n) is 5.62. The van der Waals surface area contributed by atoms with E-state index in [1.165, 1.54) is 41.5 Å². The van der Waals surface area contributed by atoms with Crippen LogP contribution in [0.3, 0.4) is 0 Å². The molecule has 2 rings (SSSR count). The number of rotatable bonds is 15. The van der Waals surface area contributed by atoms with Crippen molar-refractivity contribution in [3.63, 3.8) is 0 Å². The summed E-state index contributed by atoms with van der Waals surface area (Å²) in [7, 11) is 0. The van der Waals surface area contributed by atoms with Crippen LogP contribution in [0.25, 0.3) is 0 Å². The van der Waals surface area contributed by atoms with Crippen LogP contribution < -0.4 is 16.0 Å². The first-order valence-corrected chi connectivity index (χ1v) is 11.9. The smallest absolute Gasteiger partial charge is 0.0205 e. The second-order valence-electron chi connectivity index (χ2n) is 8.96. The molecule has 0 fully saturated rings. The van der Waals surface area contributed by atoms with Crippen molar-refractivity contribution in [1.29, 1.82) is 0 Å². The molecule has 0 heterocycles. The van der Waals surface area contributed by atoms with Crippen LogP contribution in [-0.2, 0) is 13.1 Å². The van der Waals surface area contributed by atoms with Gasteiger partial charge >= 0.3 is 0 Å². The van der Waals surface area contributed by atoms with E-state index >= 15 is 0 Å². The molecule has 0 bridgehead atoms. The van der Waals surface area contributed by atoms with Gasteiger partial charge in [0.2, 0.25) is 0 Å². The molecule has 0 saturated carbocycles. The number of hydrogen-bond acceptors (Lipinski definition) is 3. The summed E-state index contributed by atoms with van der Waals surface area (Å²) >= 11 is 0. The van der Waals surface area contributed by atoms with E-state index < -0.39 is 0 Å². The molecule has 0 saturated heterocycles. The summed E-state index contributed by atoms with van der Waals surface area (Å²) in [6.07, 6.45) is 3.63. The molecule has 0 aliphatic rings. The normalized spacial score (nSPS) is 11.5. The van der Waals surface area contributed by atoms with Crippen molar-refractivity contribution in [3.8, 4) is 0 Å². The van der Waals surface area contributed by atoms with E-state index in [4.69, 9.17) is 0 Å². The fraction of sp³-hybridized carbons (Fsp3) is 0.556. The Labute approximate surface area is 185 Å². The van der Waals surface area contributed by atoms with Gasteiger partial charge in [-0.25, -0.2) is 0 Å². The molecule has 3 heteroatoms. The second kappa shape index (κ2) is 14.3. The summed E-state index contributed by atoms with van der Waals surface area (Å²) < 4.78 is 0. The zero-order chi connectivity index (χ0) is 21.6. The fourth-order valence-electron chi connectivity index (χ4n) is 3.47. The Morgan fingerprint density at radius 1 is 0.500 bits per heavy atom. The van der Waals surface area contributed by atoms with E-state index in [2.05, 4.69) is 92.2 Å². The van der Waals surface area contributed by atoms with Gasteiger partial charge in [-0.2, -0.15) is 0 Å². The standard InChI is InChI=1S/C27H43N3/c1-22(2)26-12-8-24(9-13-26)20-29-17-6-5-16-28-18-7-19-30-21-25-10-14-27(15-11-25)23(3)4/h8-15,22-23,28-30H,5-7,16-21H2,1-4H3. The van der Waals surface area contributed by atoms with Crippen LogP contribution in [0.2, 0.25) is 0 Å². The van der Waals surface area contributed by atoms with Gasteiger partial charge in [0.25, 0.3) is 0 Å². The Morgan fingerprint density at radius 3 is 1.30 bits per heavy atom. The van der Waals surface area contributed by atoms with E-state index in [0.29, 0.717) is 11.8 Å². The lowest BCUT2D eigenvalue weighted by Gasteiger charge is -2.09. The maximum Gasteiger partial charge on any atom is 0.0205 e. The van der Waals surface area contributed by atoms with Gasteiger partial charge < -0.3 is 16.0 Å². The Bertz CT molecular complexity index is 613. The van der Waals surface area contributed by atoms with Gasteiger partial charge in [-0.05, 0) is 79.5 Å². The van der Waals surface area contributed by atoms with Gasteiger partial charge in [0.05, 0.1) is 0 Å². The predicted octanol–water partition coefficient (Wildman–Crippen LogP) is 5.57. The average molecular weight is 410 g/mol. The van der Waals surface area contributed by atoms with Crippen molar-refractivity contribution < 1.29 is 0 Å². The van der Waals surface area contributed by atoms with Crippen LogP contribution in [0.4, 0.5) is 0 Å². The first kappa shape index (κ1) is 24.6. The summed E-state index contributed by atoms with van der Waals surface area (Å²) in [5.74, 6) is 1.22. The van der Waals surface area contributed by atoms with Crippen molar-refractivity contribution in [2.24, 2.45) is 0 Å². The maximum atomic E-state index is 3.56. The topological polar surface area (TPSA) is 36.1 Å². The molecule has 166 valence electrons. The van der Waals surface area contributed by atoms with E-state index in [0.717, 1.165) is 39.3 Å². The van der Waals surface area contributed by atoms with Gasteiger partial charge in [0.1, 0.15) is 0 Å². The average Bonchev–Trinajstić information content (AvgIpc) is 2.75. The van der Waals surface area contributed by atoms with Crippen LogP contribution in [0.5, 0.6) is 0 Å². The lowest BCUT2D eigenvalue weighted by molar-refractivity contribution is 0.558. The van der Waals surface area contributed by atoms with Crippen LogP contribution in [0.1, 0.15) is 81.0 Å². The molecule has 0 unspecified atom stereocenters. The first-order valence-electron chi connectivity index (χ1n) is 11.9. The zero-order valence-electron chi connectivity index (χ0n) is 19.6. The fourth-order valence-corrected chi connectivity index (χ4v) is 3.47. The lowest BCUT2D eigenvalue weighted by Crippen LogP contribution is -2.23. The maximum absolute atomic E-state index is 3.56. The van der Waals surface area contributed by atoms with Crippen LogP contribution in [0, 0.1) is 0 Å². The summed E-state index contributed by atoms with van der Waals surface area (Å²) in [6, 6.07) is 18.0. The third-order valence-corrected chi connectivity index (χ3v) is 5.62. The van der Waals surface area contributed by atoms with Gasteiger partial charge in [-0.3, -0.25) is 0 Å². The van der Waals surface area contributed by atoms with E-state index in [1.54, 1.807) is 0 Å². The minimum Gasteiger partial charge on any atom is -0.317 e. The van der Waals surface area contributed by atoms with Crippen molar-refractivity contribution >= 4 is 0 Å². The molecule has 0 aromatic heterocycles. The molecule has 2 aromatic carbocycles. The number of hydrogen-bond donors (Lipinski definition) is 3. The summed E-state index contributed by atoms with van der Waals surface area (Å²) in [4.78, 5) is 0. The third kappa shape index (κ3) is 9.88. The van der Waals surface area contributed by atoms with Gasteiger partial charge in [0.15, 0.2) is 0 Å². The lowest BCUT2D eigenvalue weighted by atomic mass is 10.0. The minimum atomic E-state index is 0.607. The highest BCUT2D eigenvalue weighted by molar-refractivity contribution is 5.25. The van der Waals surface area contributed by atoms with E-state index in [-0.39, 0.29) is 0 Å². The Kier molecular flexibility index (Phi) is 11.8. The van der Waals surface area contributed by atoms with Crippen LogP contribution in [-0.4, -0.2) is 26.2 Å². The van der Waals surface area contributed by atoms with Crippen LogP contribution >= 0.6 is 0 Å². The highest BCUT2D eigenvalue weighted by Gasteiger charge is 2.00. The Morgan fingerprint density at radius 2 is 0.867 bits per heavy atom. The molecular weight excluding hydrogens is 366 g/mol. The summed E-state index contributed by atoms with van der Waals surface area (Å²) in [5.41, 5.74) is 5.58. The number of unbranched alkanes of at least 4 members (excludes halogenated alkanes) is 1. The van der Waals surface area contributed by atoms with Gasteiger partial charge in [-0.15, -0.1) is 0 Å². The largest absolute Gasteiger partial charge is 0.317 e. The molecule has 3 N–H and O–H groups in total. The van der Waals surface area contributed by atoms with Gasteiger partial charge in [0, 0.05) is 13.1 Å². The van der Waals surface area contributed by atoms with Crippen molar-refractivity contribution in [3.05, 3.63) is 70.8 Å². The van der Waals surface area contributed by atoms with E-state index in [9.17, 15) is 0 Å². The quantitative estimate of drug-likeness (QED) is 0.336. The Balaban J connectivity index is 1.39. The van der Waals surface area contributed by atoms with E-state index in [1.807, 2.05) is 0 Å². The first-order chi connectivity index (χ1) is 14.6. The molecule has 0 amide bonds. The zero-order valence-corrected chi connectivity index (χ0v) is 19.6. The molecule has 0 aliphatic carbocycles. The molecule has 3 nitrogen and oxygen atoms in total. The number of benzene rings is 2. The van der Waals surface area contributed by atoms with Crippen molar-refractivity contribution in [1.82, 2.24) is 16.0 Å². The Hall–Kier alpha value is -1.68. The highest BCUT2D eigenvalue weighted by Crippen LogP contribution is 2.15. The monoisotopic (exact) mass is 409 g/mol.